The van der Waals surface area contributed by atoms with E-state index in [1.807, 2.05) is 0 Å². The molecule has 1 heteroatoms. The summed E-state index contributed by atoms with van der Waals surface area (Å²) in [6.45, 7) is 0. The minimum atomic E-state index is 1.15. The first-order valence-electron chi connectivity index (χ1n) is 10.6. The van der Waals surface area contributed by atoms with E-state index in [4.69, 9.17) is 0 Å². The van der Waals surface area contributed by atoms with Crippen molar-refractivity contribution in [1.29, 1.82) is 0 Å². The molecule has 0 radical (unpaired) electrons. The van der Waals surface area contributed by atoms with Gasteiger partial charge in [0.1, 0.15) is 0 Å². The van der Waals surface area contributed by atoms with Crippen molar-refractivity contribution in [3.8, 4) is 0 Å². The summed E-state index contributed by atoms with van der Waals surface area (Å²) in [6.07, 6.45) is 0. The Balaban J connectivity index is 1.74. The second kappa shape index (κ2) is 7.30. The van der Waals surface area contributed by atoms with Gasteiger partial charge >= 0.3 is 0 Å². The zero-order valence-electron chi connectivity index (χ0n) is 17.1. The van der Waals surface area contributed by atoms with E-state index in [1.165, 1.54) is 38.0 Å². The smallest absolute Gasteiger partial charge is 0.0546 e. The Labute approximate surface area is 181 Å². The second-order valence-electron chi connectivity index (χ2n) is 7.83. The van der Waals surface area contributed by atoms with Gasteiger partial charge in [-0.2, -0.15) is 0 Å². The predicted octanol–water partition coefficient (Wildman–Crippen LogP) is 8.62. The third-order valence-electron chi connectivity index (χ3n) is 6.00. The molecule has 0 heterocycles. The highest BCUT2D eigenvalue weighted by Gasteiger charge is 2.17. The first-order chi connectivity index (χ1) is 15.4. The lowest BCUT2D eigenvalue weighted by atomic mass is 9.94. The van der Waals surface area contributed by atoms with Gasteiger partial charge in [0.15, 0.2) is 0 Å². The summed E-state index contributed by atoms with van der Waals surface area (Å²) in [6, 6.07) is 45.5. The van der Waals surface area contributed by atoms with Gasteiger partial charge in [-0.15, -0.1) is 0 Å². The fraction of sp³-hybridized carbons (Fsp3) is 0. The normalized spacial score (nSPS) is 11.2. The van der Waals surface area contributed by atoms with Crippen LogP contribution >= 0.6 is 0 Å². The van der Waals surface area contributed by atoms with Gasteiger partial charge in [0.05, 0.1) is 5.69 Å². The summed E-state index contributed by atoms with van der Waals surface area (Å²) in [5.41, 5.74) is 3.49. The molecule has 0 aromatic heterocycles. The van der Waals surface area contributed by atoms with Gasteiger partial charge < -0.3 is 4.90 Å². The van der Waals surface area contributed by atoms with Crippen LogP contribution in [0, 0.1) is 0 Å². The molecule has 0 unspecified atom stereocenters. The van der Waals surface area contributed by atoms with Crippen molar-refractivity contribution in [1.82, 2.24) is 0 Å². The molecule has 1 nitrogen and oxygen atoms in total. The van der Waals surface area contributed by atoms with Gasteiger partial charge in [-0.1, -0.05) is 97.1 Å². The highest BCUT2D eigenvalue weighted by molar-refractivity contribution is 6.23. The Hall–Kier alpha value is -4.10. The highest BCUT2D eigenvalue weighted by atomic mass is 15.1. The van der Waals surface area contributed by atoms with E-state index >= 15 is 0 Å². The SMILES string of the molecule is c1ccc(N(c2ccccc2)c2cc3ccc4ccccc4c3c3ccccc23)cc1. The van der Waals surface area contributed by atoms with Crippen LogP contribution in [0.4, 0.5) is 17.1 Å². The average molecular weight is 396 g/mol. The molecular weight excluding hydrogens is 374 g/mol. The number of hydrogen-bond donors (Lipinski definition) is 0. The molecular formula is C30H21N. The van der Waals surface area contributed by atoms with Gasteiger partial charge in [-0.3, -0.25) is 0 Å². The highest BCUT2D eigenvalue weighted by Crippen LogP contribution is 2.43. The number of fused-ring (bicyclic) bond motifs is 5. The van der Waals surface area contributed by atoms with Crippen molar-refractivity contribution >= 4 is 49.4 Å². The van der Waals surface area contributed by atoms with Gasteiger partial charge in [-0.25, -0.2) is 0 Å². The summed E-state index contributed by atoms with van der Waals surface area (Å²) in [5.74, 6) is 0. The van der Waals surface area contributed by atoms with Crippen LogP contribution in [0.5, 0.6) is 0 Å². The molecule has 6 aromatic rings. The number of benzene rings is 6. The van der Waals surface area contributed by atoms with Crippen LogP contribution < -0.4 is 4.90 Å². The maximum atomic E-state index is 2.36. The number of nitrogens with zero attached hydrogens (tertiary/aromatic N) is 1. The molecule has 0 aliphatic heterocycles. The summed E-state index contributed by atoms with van der Waals surface area (Å²) >= 11 is 0. The molecule has 146 valence electrons. The van der Waals surface area contributed by atoms with E-state index in [2.05, 4.69) is 132 Å². The van der Waals surface area contributed by atoms with Crippen LogP contribution in [0.15, 0.2) is 127 Å². The molecule has 6 aromatic carbocycles. The zero-order chi connectivity index (χ0) is 20.6. The first kappa shape index (κ1) is 17.7. The van der Waals surface area contributed by atoms with Crippen LogP contribution in [-0.2, 0) is 0 Å². The summed E-state index contributed by atoms with van der Waals surface area (Å²) in [5, 5.41) is 7.68. The number of hydrogen-bond acceptors (Lipinski definition) is 1. The Morgan fingerprint density at radius 2 is 0.903 bits per heavy atom. The van der Waals surface area contributed by atoms with Gasteiger partial charge in [-0.05, 0) is 57.3 Å². The van der Waals surface area contributed by atoms with E-state index in [0.29, 0.717) is 0 Å². The minimum absolute atomic E-state index is 1.15. The van der Waals surface area contributed by atoms with Gasteiger partial charge in [0, 0.05) is 16.8 Å². The Kier molecular flexibility index (Phi) is 4.18. The van der Waals surface area contributed by atoms with Crippen LogP contribution in [0.25, 0.3) is 32.3 Å². The first-order valence-corrected chi connectivity index (χ1v) is 10.6. The van der Waals surface area contributed by atoms with Crippen molar-refractivity contribution in [2.75, 3.05) is 4.90 Å². The molecule has 0 saturated carbocycles. The lowest BCUT2D eigenvalue weighted by Gasteiger charge is -2.27. The topological polar surface area (TPSA) is 3.24 Å². The third-order valence-corrected chi connectivity index (χ3v) is 6.00. The third kappa shape index (κ3) is 2.94. The molecule has 0 aliphatic rings. The monoisotopic (exact) mass is 395 g/mol. The quantitative estimate of drug-likeness (QED) is 0.271. The molecule has 31 heavy (non-hydrogen) atoms. The van der Waals surface area contributed by atoms with Gasteiger partial charge in [0.25, 0.3) is 0 Å². The van der Waals surface area contributed by atoms with Crippen LogP contribution in [-0.4, -0.2) is 0 Å². The van der Waals surface area contributed by atoms with Gasteiger partial charge in [0.2, 0.25) is 0 Å². The van der Waals surface area contributed by atoms with Crippen molar-refractivity contribution in [2.24, 2.45) is 0 Å². The maximum absolute atomic E-state index is 2.36. The Morgan fingerprint density at radius 3 is 1.58 bits per heavy atom. The molecule has 0 atom stereocenters. The predicted molar refractivity (Wildman–Crippen MR) is 134 cm³/mol. The maximum Gasteiger partial charge on any atom is 0.0546 e. The van der Waals surface area contributed by atoms with E-state index in [-0.39, 0.29) is 0 Å². The van der Waals surface area contributed by atoms with Crippen molar-refractivity contribution in [2.45, 2.75) is 0 Å². The fourth-order valence-corrected chi connectivity index (χ4v) is 4.63. The molecule has 0 aliphatic carbocycles. The summed E-state index contributed by atoms with van der Waals surface area (Å²) in [7, 11) is 0. The molecule has 0 amide bonds. The van der Waals surface area contributed by atoms with E-state index < -0.39 is 0 Å². The van der Waals surface area contributed by atoms with Crippen molar-refractivity contribution < 1.29 is 0 Å². The second-order valence-corrected chi connectivity index (χ2v) is 7.83. The number of para-hydroxylation sites is 2. The van der Waals surface area contributed by atoms with E-state index in [0.717, 1.165) is 11.4 Å². The molecule has 0 saturated heterocycles. The van der Waals surface area contributed by atoms with Crippen LogP contribution in [0.1, 0.15) is 0 Å². The lowest BCUT2D eigenvalue weighted by molar-refractivity contribution is 1.30. The fourth-order valence-electron chi connectivity index (χ4n) is 4.63. The number of anilines is 3. The summed E-state index contributed by atoms with van der Waals surface area (Å²) < 4.78 is 0. The average Bonchev–Trinajstić information content (AvgIpc) is 2.85. The van der Waals surface area contributed by atoms with Crippen molar-refractivity contribution in [3.63, 3.8) is 0 Å². The standard InChI is InChI=1S/C30H21N/c1-3-12-24(13-4-1)31(25-14-5-2-6-15-25)29-21-23-20-19-22-11-7-8-16-26(22)30(23)28-18-10-9-17-27(28)29/h1-21H. The molecule has 0 bridgehead atoms. The van der Waals surface area contributed by atoms with Crippen LogP contribution in [0.2, 0.25) is 0 Å². The van der Waals surface area contributed by atoms with Crippen LogP contribution in [0.3, 0.4) is 0 Å². The Morgan fingerprint density at radius 1 is 0.387 bits per heavy atom. The minimum Gasteiger partial charge on any atom is -0.310 e. The molecule has 0 N–H and O–H groups in total. The number of rotatable bonds is 3. The summed E-state index contributed by atoms with van der Waals surface area (Å²) in [4.78, 5) is 2.36. The van der Waals surface area contributed by atoms with E-state index in [1.54, 1.807) is 0 Å². The zero-order valence-corrected chi connectivity index (χ0v) is 17.1. The largest absolute Gasteiger partial charge is 0.310 e. The van der Waals surface area contributed by atoms with Crippen molar-refractivity contribution in [3.05, 3.63) is 127 Å². The van der Waals surface area contributed by atoms with E-state index in [9.17, 15) is 0 Å². The Bertz CT molecular complexity index is 1480. The lowest BCUT2D eigenvalue weighted by Crippen LogP contribution is -2.10. The molecule has 0 spiro atoms. The molecule has 0 fully saturated rings. The molecule has 6 rings (SSSR count).